The van der Waals surface area contributed by atoms with E-state index in [-0.39, 0.29) is 12.1 Å². The molecule has 0 aromatic carbocycles. The summed E-state index contributed by atoms with van der Waals surface area (Å²) in [5, 5.41) is 19.0. The molecule has 2 fully saturated rings. The van der Waals surface area contributed by atoms with Crippen LogP contribution in [0.1, 0.15) is 19.3 Å². The highest BCUT2D eigenvalue weighted by Crippen LogP contribution is 2.25. The molecule has 2 aliphatic rings. The first-order chi connectivity index (χ1) is 9.40. The van der Waals surface area contributed by atoms with E-state index < -0.39 is 18.1 Å². The molecule has 114 valence electrons. The Hall–Kier alpha value is -1.34. The van der Waals surface area contributed by atoms with Crippen molar-refractivity contribution in [1.82, 2.24) is 14.7 Å². The summed E-state index contributed by atoms with van der Waals surface area (Å²) in [4.78, 5) is 28.8. The van der Waals surface area contributed by atoms with E-state index in [1.54, 1.807) is 4.90 Å². The minimum atomic E-state index is -0.945. The molecule has 0 aliphatic carbocycles. The van der Waals surface area contributed by atoms with Crippen LogP contribution in [0.2, 0.25) is 0 Å². The number of likely N-dealkylation sites (tertiary alicyclic amines) is 2. The Morgan fingerprint density at radius 3 is 2.60 bits per heavy atom. The summed E-state index contributed by atoms with van der Waals surface area (Å²) in [5.74, 6) is -0.945. The maximum atomic E-state index is 12.6. The van der Waals surface area contributed by atoms with Crippen molar-refractivity contribution < 1.29 is 19.8 Å². The van der Waals surface area contributed by atoms with Gasteiger partial charge in [-0.3, -0.25) is 0 Å². The average Bonchev–Trinajstić information content (AvgIpc) is 2.94. The molecular formula is C13H23N3O4. The highest BCUT2D eigenvalue weighted by Gasteiger charge is 2.41. The molecular weight excluding hydrogens is 262 g/mol. The van der Waals surface area contributed by atoms with Crippen LogP contribution in [0, 0.1) is 0 Å². The van der Waals surface area contributed by atoms with Gasteiger partial charge >= 0.3 is 12.0 Å². The Labute approximate surface area is 118 Å². The largest absolute Gasteiger partial charge is 0.480 e. The molecule has 7 nitrogen and oxygen atoms in total. The van der Waals surface area contributed by atoms with E-state index in [2.05, 4.69) is 0 Å². The zero-order valence-electron chi connectivity index (χ0n) is 12.0. The Kier molecular flexibility index (Phi) is 4.49. The number of aliphatic hydroxyl groups is 1. The molecule has 0 aromatic rings. The molecule has 0 aromatic heterocycles. The predicted octanol–water partition coefficient (Wildman–Crippen LogP) is -0.348. The van der Waals surface area contributed by atoms with Gasteiger partial charge in [-0.1, -0.05) is 0 Å². The van der Waals surface area contributed by atoms with E-state index in [1.165, 1.54) is 4.90 Å². The number of carbonyl (C=O) groups excluding carboxylic acids is 1. The fourth-order valence-electron chi connectivity index (χ4n) is 3.14. The molecule has 2 heterocycles. The second-order valence-electron chi connectivity index (χ2n) is 5.93. The minimum absolute atomic E-state index is 0.0532. The normalized spacial score (nSPS) is 30.3. The lowest BCUT2D eigenvalue weighted by atomic mass is 10.2. The molecule has 2 rings (SSSR count). The van der Waals surface area contributed by atoms with Crippen molar-refractivity contribution >= 4 is 12.0 Å². The molecule has 0 spiro atoms. The standard InChI is InChI=1S/C13H23N3O4/c1-14(2)7-9-6-10(17)8-16(9)13(20)15-5-3-4-11(15)12(18)19/h9-11,17H,3-8H2,1-2H3,(H,18,19)/t9?,10?,11-/m0/s1. The first-order valence-corrected chi connectivity index (χ1v) is 7.03. The van der Waals surface area contributed by atoms with Gasteiger partial charge in [0, 0.05) is 25.7 Å². The van der Waals surface area contributed by atoms with Crippen molar-refractivity contribution in [2.75, 3.05) is 33.7 Å². The van der Waals surface area contributed by atoms with Crippen molar-refractivity contribution in [3.8, 4) is 0 Å². The van der Waals surface area contributed by atoms with Crippen LogP contribution in [0.25, 0.3) is 0 Å². The molecule has 3 atom stereocenters. The minimum Gasteiger partial charge on any atom is -0.480 e. The van der Waals surface area contributed by atoms with Gasteiger partial charge in [-0.25, -0.2) is 9.59 Å². The molecule has 2 amide bonds. The molecule has 20 heavy (non-hydrogen) atoms. The number of aliphatic carboxylic acids is 1. The molecule has 2 saturated heterocycles. The van der Waals surface area contributed by atoms with Crippen LogP contribution in [-0.2, 0) is 4.79 Å². The van der Waals surface area contributed by atoms with Crippen molar-refractivity contribution in [2.24, 2.45) is 0 Å². The molecule has 2 unspecified atom stereocenters. The van der Waals surface area contributed by atoms with Gasteiger partial charge in [0.1, 0.15) is 6.04 Å². The Morgan fingerprint density at radius 1 is 1.30 bits per heavy atom. The van der Waals surface area contributed by atoms with E-state index >= 15 is 0 Å². The topological polar surface area (TPSA) is 84.3 Å². The Morgan fingerprint density at radius 2 is 2.00 bits per heavy atom. The van der Waals surface area contributed by atoms with Crippen LogP contribution in [0.4, 0.5) is 4.79 Å². The number of aliphatic hydroxyl groups excluding tert-OH is 1. The number of hydrogen-bond acceptors (Lipinski definition) is 4. The third kappa shape index (κ3) is 3.04. The zero-order chi connectivity index (χ0) is 14.9. The molecule has 2 aliphatic heterocycles. The molecule has 2 N–H and O–H groups in total. The number of carboxylic acid groups (broad SMARTS) is 1. The van der Waals surface area contributed by atoms with Crippen LogP contribution in [0.3, 0.4) is 0 Å². The fraction of sp³-hybridized carbons (Fsp3) is 0.846. The highest BCUT2D eigenvalue weighted by atomic mass is 16.4. The van der Waals surface area contributed by atoms with Gasteiger partial charge in [0.05, 0.1) is 6.10 Å². The zero-order valence-corrected chi connectivity index (χ0v) is 12.0. The van der Waals surface area contributed by atoms with Crippen LogP contribution in [0.5, 0.6) is 0 Å². The van der Waals surface area contributed by atoms with Gasteiger partial charge in [0.15, 0.2) is 0 Å². The van der Waals surface area contributed by atoms with E-state index in [0.717, 1.165) is 6.42 Å². The summed E-state index contributed by atoms with van der Waals surface area (Å²) < 4.78 is 0. The number of nitrogens with zero attached hydrogens (tertiary/aromatic N) is 3. The third-order valence-corrected chi connectivity index (χ3v) is 4.00. The van der Waals surface area contributed by atoms with Crippen molar-refractivity contribution in [2.45, 2.75) is 37.5 Å². The molecule has 7 heteroatoms. The van der Waals surface area contributed by atoms with Gasteiger partial charge in [0.25, 0.3) is 0 Å². The lowest BCUT2D eigenvalue weighted by Gasteiger charge is -2.32. The number of rotatable bonds is 3. The summed E-state index contributed by atoms with van der Waals surface area (Å²) >= 11 is 0. The second-order valence-corrected chi connectivity index (χ2v) is 5.93. The number of amides is 2. The monoisotopic (exact) mass is 285 g/mol. The summed E-state index contributed by atoms with van der Waals surface area (Å²) in [6, 6.07) is -1.03. The summed E-state index contributed by atoms with van der Waals surface area (Å²) in [6.07, 6.45) is 1.26. The Bertz CT molecular complexity index is 388. The summed E-state index contributed by atoms with van der Waals surface area (Å²) in [6.45, 7) is 1.45. The van der Waals surface area contributed by atoms with Crippen LogP contribution >= 0.6 is 0 Å². The lowest BCUT2D eigenvalue weighted by molar-refractivity contribution is -0.141. The summed E-state index contributed by atoms with van der Waals surface area (Å²) in [5.41, 5.74) is 0. The maximum absolute atomic E-state index is 12.6. The predicted molar refractivity (Wildman–Crippen MR) is 72.4 cm³/mol. The first kappa shape index (κ1) is 15.1. The van der Waals surface area contributed by atoms with Gasteiger partial charge in [-0.05, 0) is 33.4 Å². The Balaban J connectivity index is 2.08. The van der Waals surface area contributed by atoms with Crippen molar-refractivity contribution in [1.29, 1.82) is 0 Å². The van der Waals surface area contributed by atoms with Crippen LogP contribution in [0.15, 0.2) is 0 Å². The van der Waals surface area contributed by atoms with Gasteiger partial charge < -0.3 is 24.9 Å². The van der Waals surface area contributed by atoms with Crippen molar-refractivity contribution in [3.05, 3.63) is 0 Å². The van der Waals surface area contributed by atoms with E-state index in [9.17, 15) is 14.7 Å². The number of hydrogen-bond donors (Lipinski definition) is 2. The SMILES string of the molecule is CN(C)CC1CC(O)CN1C(=O)N1CCC[C@H]1C(=O)O. The van der Waals surface area contributed by atoms with E-state index in [1.807, 2.05) is 19.0 Å². The quantitative estimate of drug-likeness (QED) is 0.740. The van der Waals surface area contributed by atoms with Gasteiger partial charge in [-0.15, -0.1) is 0 Å². The maximum Gasteiger partial charge on any atom is 0.326 e. The average molecular weight is 285 g/mol. The summed E-state index contributed by atoms with van der Waals surface area (Å²) in [7, 11) is 3.84. The lowest BCUT2D eigenvalue weighted by Crippen LogP contribution is -2.51. The first-order valence-electron chi connectivity index (χ1n) is 7.03. The van der Waals surface area contributed by atoms with E-state index in [0.29, 0.717) is 32.5 Å². The smallest absolute Gasteiger partial charge is 0.326 e. The van der Waals surface area contributed by atoms with Crippen molar-refractivity contribution in [3.63, 3.8) is 0 Å². The number of carbonyl (C=O) groups is 2. The molecule has 0 radical (unpaired) electrons. The number of carboxylic acids is 1. The second kappa shape index (κ2) is 5.97. The van der Waals surface area contributed by atoms with Gasteiger partial charge in [-0.2, -0.15) is 0 Å². The third-order valence-electron chi connectivity index (χ3n) is 4.00. The van der Waals surface area contributed by atoms with E-state index in [4.69, 9.17) is 5.11 Å². The van der Waals surface area contributed by atoms with Crippen LogP contribution in [-0.4, -0.2) is 88.8 Å². The number of β-amino-alcohol motifs (C(OH)–C–C–N with tert-alkyl or cyclic N) is 1. The molecule has 0 bridgehead atoms. The van der Waals surface area contributed by atoms with Gasteiger partial charge in [0.2, 0.25) is 0 Å². The number of urea groups is 1. The number of likely N-dealkylation sites (N-methyl/N-ethyl adjacent to an activating group) is 1. The molecule has 0 saturated carbocycles. The fourth-order valence-corrected chi connectivity index (χ4v) is 3.14. The van der Waals surface area contributed by atoms with Crippen LogP contribution < -0.4 is 0 Å². The highest BCUT2D eigenvalue weighted by molar-refractivity contribution is 5.83.